The Kier molecular flexibility index (Phi) is 1.39. The highest BCUT2D eigenvalue weighted by molar-refractivity contribution is 4.99. The topological polar surface area (TPSA) is 9.23 Å². The van der Waals surface area contributed by atoms with E-state index in [1.807, 2.05) is 0 Å². The van der Waals surface area contributed by atoms with Crippen LogP contribution in [0.15, 0.2) is 0 Å². The molecule has 0 aromatic rings. The zero-order chi connectivity index (χ0) is 8.11. The molecule has 1 aliphatic heterocycles. The van der Waals surface area contributed by atoms with Crippen LogP contribution in [0.1, 0.15) is 40.0 Å². The Morgan fingerprint density at radius 3 is 2.73 bits per heavy atom. The number of fused-ring (bicyclic) bond motifs is 2. The molecule has 1 aliphatic carbocycles. The zero-order valence-corrected chi connectivity index (χ0v) is 7.81. The average Bonchev–Trinajstić information content (AvgIpc) is 2.20. The summed E-state index contributed by atoms with van der Waals surface area (Å²) in [6.07, 6.45) is 4.00. The fourth-order valence-electron chi connectivity index (χ4n) is 2.64. The van der Waals surface area contributed by atoms with Gasteiger partial charge < -0.3 is 4.74 Å². The highest BCUT2D eigenvalue weighted by atomic mass is 16.5. The van der Waals surface area contributed by atoms with E-state index in [-0.39, 0.29) is 5.60 Å². The zero-order valence-electron chi connectivity index (χ0n) is 7.81. The molecule has 1 saturated carbocycles. The molecule has 2 rings (SSSR count). The molecule has 0 aromatic carbocycles. The van der Waals surface area contributed by atoms with Crippen LogP contribution in [-0.2, 0) is 4.74 Å². The summed E-state index contributed by atoms with van der Waals surface area (Å²) >= 11 is 0. The molecule has 0 aromatic heterocycles. The highest BCUT2D eigenvalue weighted by Gasteiger charge is 2.50. The molecule has 2 bridgehead atoms. The highest BCUT2D eigenvalue weighted by Crippen LogP contribution is 2.51. The summed E-state index contributed by atoms with van der Waals surface area (Å²) in [6, 6.07) is 0. The number of hydrogen-bond acceptors (Lipinski definition) is 1. The molecule has 64 valence electrons. The van der Waals surface area contributed by atoms with Crippen molar-refractivity contribution in [3.05, 3.63) is 0 Å². The van der Waals surface area contributed by atoms with Gasteiger partial charge in [-0.1, -0.05) is 13.8 Å². The summed E-state index contributed by atoms with van der Waals surface area (Å²) in [5, 5.41) is 0. The molecule has 0 spiro atoms. The first-order valence-corrected chi connectivity index (χ1v) is 4.68. The third-order valence-corrected chi connectivity index (χ3v) is 3.75. The van der Waals surface area contributed by atoms with Crippen LogP contribution < -0.4 is 0 Å². The van der Waals surface area contributed by atoms with Gasteiger partial charge in [0.15, 0.2) is 0 Å². The molecule has 1 saturated heterocycles. The standard InChI is InChI=1S/C10H18O/c1-8-4-5-9(2)6-10(8,3)11-7-9/h8H,4-7H2,1-3H3/t8-,9+,10?/m0/s1. The van der Waals surface area contributed by atoms with E-state index >= 15 is 0 Å². The Hall–Kier alpha value is -0.0400. The summed E-state index contributed by atoms with van der Waals surface area (Å²) in [5.41, 5.74) is 0.730. The van der Waals surface area contributed by atoms with E-state index in [9.17, 15) is 0 Å². The summed E-state index contributed by atoms with van der Waals surface area (Å²) in [7, 11) is 0. The molecule has 1 unspecified atom stereocenters. The van der Waals surface area contributed by atoms with Crippen molar-refractivity contribution >= 4 is 0 Å². The minimum Gasteiger partial charge on any atom is -0.374 e. The second-order valence-electron chi connectivity index (χ2n) is 5.03. The van der Waals surface area contributed by atoms with E-state index in [0.717, 1.165) is 12.5 Å². The monoisotopic (exact) mass is 154 g/mol. The lowest BCUT2D eigenvalue weighted by Crippen LogP contribution is -2.36. The molecule has 1 heterocycles. The maximum atomic E-state index is 5.88. The minimum atomic E-state index is 0.215. The largest absolute Gasteiger partial charge is 0.374 e. The third kappa shape index (κ3) is 1.01. The van der Waals surface area contributed by atoms with Crippen LogP contribution in [0, 0.1) is 11.3 Å². The van der Waals surface area contributed by atoms with E-state index in [1.54, 1.807) is 0 Å². The lowest BCUT2D eigenvalue weighted by Gasteiger charge is -2.37. The van der Waals surface area contributed by atoms with Gasteiger partial charge in [0, 0.05) is 0 Å². The molecule has 1 heteroatoms. The summed E-state index contributed by atoms with van der Waals surface area (Å²) in [4.78, 5) is 0. The van der Waals surface area contributed by atoms with Gasteiger partial charge in [-0.2, -0.15) is 0 Å². The van der Waals surface area contributed by atoms with Crippen LogP contribution in [0.4, 0.5) is 0 Å². The Morgan fingerprint density at radius 1 is 1.36 bits per heavy atom. The van der Waals surface area contributed by atoms with Gasteiger partial charge in [-0.3, -0.25) is 0 Å². The van der Waals surface area contributed by atoms with E-state index in [4.69, 9.17) is 4.74 Å². The number of hydrogen-bond donors (Lipinski definition) is 0. The molecule has 0 amide bonds. The molecule has 2 fully saturated rings. The SMILES string of the molecule is C[C@H]1CC[C@@]2(C)COC1(C)C2. The van der Waals surface area contributed by atoms with Gasteiger partial charge in [0.2, 0.25) is 0 Å². The van der Waals surface area contributed by atoms with Gasteiger partial charge >= 0.3 is 0 Å². The van der Waals surface area contributed by atoms with E-state index in [0.29, 0.717) is 5.41 Å². The lowest BCUT2D eigenvalue weighted by atomic mass is 9.68. The summed E-state index contributed by atoms with van der Waals surface area (Å²) in [6.45, 7) is 7.96. The molecule has 1 nitrogen and oxygen atoms in total. The lowest BCUT2D eigenvalue weighted by molar-refractivity contribution is -0.0232. The molecular weight excluding hydrogens is 136 g/mol. The second kappa shape index (κ2) is 2.01. The first kappa shape index (κ1) is 7.60. The molecule has 0 radical (unpaired) electrons. The van der Waals surface area contributed by atoms with Crippen LogP contribution in [0.25, 0.3) is 0 Å². The maximum Gasteiger partial charge on any atom is 0.0686 e. The average molecular weight is 154 g/mol. The van der Waals surface area contributed by atoms with Crippen molar-refractivity contribution in [2.75, 3.05) is 6.61 Å². The van der Waals surface area contributed by atoms with Crippen molar-refractivity contribution in [3.63, 3.8) is 0 Å². The number of ether oxygens (including phenoxy) is 1. The van der Waals surface area contributed by atoms with Crippen LogP contribution >= 0.6 is 0 Å². The van der Waals surface area contributed by atoms with Crippen LogP contribution in [-0.4, -0.2) is 12.2 Å². The quantitative estimate of drug-likeness (QED) is 0.521. The third-order valence-electron chi connectivity index (χ3n) is 3.75. The normalized spacial score (nSPS) is 56.5. The van der Waals surface area contributed by atoms with Gasteiger partial charge in [0.05, 0.1) is 12.2 Å². The maximum absolute atomic E-state index is 5.88. The number of rotatable bonds is 0. The first-order valence-electron chi connectivity index (χ1n) is 4.68. The summed E-state index contributed by atoms with van der Waals surface area (Å²) < 4.78 is 5.88. The van der Waals surface area contributed by atoms with Gasteiger partial charge in [-0.25, -0.2) is 0 Å². The Labute approximate surface area is 69.1 Å². The second-order valence-corrected chi connectivity index (χ2v) is 5.03. The van der Waals surface area contributed by atoms with Crippen molar-refractivity contribution in [1.82, 2.24) is 0 Å². The Morgan fingerprint density at radius 2 is 2.09 bits per heavy atom. The first-order chi connectivity index (χ1) is 5.04. The molecule has 3 atom stereocenters. The molecule has 11 heavy (non-hydrogen) atoms. The Balaban J connectivity index is 2.23. The minimum absolute atomic E-state index is 0.215. The predicted molar refractivity (Wildman–Crippen MR) is 45.5 cm³/mol. The van der Waals surface area contributed by atoms with E-state index in [1.165, 1.54) is 19.3 Å². The van der Waals surface area contributed by atoms with Crippen molar-refractivity contribution in [3.8, 4) is 0 Å². The van der Waals surface area contributed by atoms with Crippen molar-refractivity contribution in [2.24, 2.45) is 11.3 Å². The Bertz CT molecular complexity index is 174. The van der Waals surface area contributed by atoms with Crippen molar-refractivity contribution in [1.29, 1.82) is 0 Å². The smallest absolute Gasteiger partial charge is 0.0686 e. The van der Waals surface area contributed by atoms with E-state index in [2.05, 4.69) is 20.8 Å². The molecule has 0 N–H and O–H groups in total. The van der Waals surface area contributed by atoms with Crippen LogP contribution in [0.2, 0.25) is 0 Å². The van der Waals surface area contributed by atoms with Crippen LogP contribution in [0.3, 0.4) is 0 Å². The van der Waals surface area contributed by atoms with E-state index < -0.39 is 0 Å². The molecular formula is C10H18O. The molecule has 2 aliphatic rings. The summed E-state index contributed by atoms with van der Waals surface area (Å²) in [5.74, 6) is 0.762. The van der Waals surface area contributed by atoms with Gasteiger partial charge in [0.25, 0.3) is 0 Å². The van der Waals surface area contributed by atoms with Gasteiger partial charge in [-0.05, 0) is 37.5 Å². The van der Waals surface area contributed by atoms with Gasteiger partial charge in [0.1, 0.15) is 0 Å². The van der Waals surface area contributed by atoms with Crippen molar-refractivity contribution < 1.29 is 4.74 Å². The van der Waals surface area contributed by atoms with Gasteiger partial charge in [-0.15, -0.1) is 0 Å². The fraction of sp³-hybridized carbons (Fsp3) is 1.00. The van der Waals surface area contributed by atoms with Crippen molar-refractivity contribution in [2.45, 2.75) is 45.6 Å². The van der Waals surface area contributed by atoms with Crippen LogP contribution in [0.5, 0.6) is 0 Å². The fourth-order valence-corrected chi connectivity index (χ4v) is 2.64. The predicted octanol–water partition coefficient (Wildman–Crippen LogP) is 2.60.